The fourth-order valence-corrected chi connectivity index (χ4v) is 2.36. The lowest BCUT2D eigenvalue weighted by Crippen LogP contribution is -2.18. The Morgan fingerprint density at radius 3 is 2.67 bits per heavy atom. The van der Waals surface area contributed by atoms with Crippen LogP contribution in [0.3, 0.4) is 0 Å². The lowest BCUT2D eigenvalue weighted by Gasteiger charge is -2.15. The van der Waals surface area contributed by atoms with Crippen LogP contribution >= 0.6 is 23.2 Å². The van der Waals surface area contributed by atoms with Crippen LogP contribution in [0.25, 0.3) is 0 Å². The summed E-state index contributed by atoms with van der Waals surface area (Å²) in [5, 5.41) is 15.1. The summed E-state index contributed by atoms with van der Waals surface area (Å²) in [6.07, 6.45) is 0. The zero-order chi connectivity index (χ0) is 15.4. The first-order chi connectivity index (χ1) is 9.99. The van der Waals surface area contributed by atoms with E-state index in [1.807, 2.05) is 25.1 Å². The molecule has 1 unspecified atom stereocenters. The number of benzene rings is 2. The van der Waals surface area contributed by atoms with Crippen LogP contribution in [-0.4, -0.2) is 4.92 Å². The van der Waals surface area contributed by atoms with Crippen LogP contribution in [0.5, 0.6) is 0 Å². The van der Waals surface area contributed by atoms with Gasteiger partial charge < -0.3 is 5.32 Å². The lowest BCUT2D eigenvalue weighted by molar-refractivity contribution is -0.384. The number of halogens is 2. The maximum atomic E-state index is 10.8. The van der Waals surface area contributed by atoms with Crippen molar-refractivity contribution < 1.29 is 4.92 Å². The molecule has 0 aliphatic heterocycles. The molecule has 4 nitrogen and oxygen atoms in total. The fourth-order valence-electron chi connectivity index (χ4n) is 1.97. The van der Waals surface area contributed by atoms with Crippen molar-refractivity contribution in [2.24, 2.45) is 0 Å². The molecule has 21 heavy (non-hydrogen) atoms. The van der Waals surface area contributed by atoms with Gasteiger partial charge in [0.2, 0.25) is 0 Å². The van der Waals surface area contributed by atoms with Crippen LogP contribution in [0.4, 0.5) is 5.69 Å². The Bertz CT molecular complexity index is 662. The smallest absolute Gasteiger partial charge is 0.269 e. The molecule has 0 spiro atoms. The number of nitro groups is 1. The van der Waals surface area contributed by atoms with Crippen LogP contribution < -0.4 is 5.32 Å². The number of nitrogens with zero attached hydrogens (tertiary/aromatic N) is 1. The SMILES string of the molecule is CC(NCc1cccc(Cl)c1Cl)c1cccc([N+](=O)[O-])c1. The number of hydrogen-bond acceptors (Lipinski definition) is 3. The monoisotopic (exact) mass is 324 g/mol. The average Bonchev–Trinajstić information content (AvgIpc) is 2.48. The highest BCUT2D eigenvalue weighted by Crippen LogP contribution is 2.26. The number of nitrogens with one attached hydrogen (secondary N) is 1. The van der Waals surface area contributed by atoms with Gasteiger partial charge in [0.25, 0.3) is 5.69 Å². The van der Waals surface area contributed by atoms with Gasteiger partial charge >= 0.3 is 0 Å². The van der Waals surface area contributed by atoms with E-state index in [0.29, 0.717) is 16.6 Å². The largest absolute Gasteiger partial charge is 0.306 e. The summed E-state index contributed by atoms with van der Waals surface area (Å²) in [6, 6.07) is 12.0. The van der Waals surface area contributed by atoms with E-state index in [0.717, 1.165) is 11.1 Å². The maximum absolute atomic E-state index is 10.8. The molecule has 2 rings (SSSR count). The van der Waals surface area contributed by atoms with E-state index in [1.165, 1.54) is 6.07 Å². The summed E-state index contributed by atoms with van der Waals surface area (Å²) in [5.74, 6) is 0. The van der Waals surface area contributed by atoms with Crippen LogP contribution in [-0.2, 0) is 6.54 Å². The number of nitro benzene ring substituents is 1. The van der Waals surface area contributed by atoms with Crippen molar-refractivity contribution in [1.29, 1.82) is 0 Å². The molecule has 0 bridgehead atoms. The van der Waals surface area contributed by atoms with Gasteiger partial charge in [-0.2, -0.15) is 0 Å². The van der Waals surface area contributed by atoms with E-state index < -0.39 is 4.92 Å². The molecule has 1 N–H and O–H groups in total. The third-order valence-electron chi connectivity index (χ3n) is 3.21. The van der Waals surface area contributed by atoms with Crippen molar-refractivity contribution in [3.8, 4) is 0 Å². The molecular formula is C15H14Cl2N2O2. The Labute approximate surface area is 132 Å². The first kappa shape index (κ1) is 15.8. The summed E-state index contributed by atoms with van der Waals surface area (Å²) >= 11 is 12.1. The molecular weight excluding hydrogens is 311 g/mol. The zero-order valence-corrected chi connectivity index (χ0v) is 12.9. The lowest BCUT2D eigenvalue weighted by atomic mass is 10.1. The third kappa shape index (κ3) is 3.94. The van der Waals surface area contributed by atoms with Gasteiger partial charge in [0, 0.05) is 24.7 Å². The average molecular weight is 325 g/mol. The van der Waals surface area contributed by atoms with Gasteiger partial charge in [-0.3, -0.25) is 10.1 Å². The molecule has 0 fully saturated rings. The van der Waals surface area contributed by atoms with E-state index in [1.54, 1.807) is 18.2 Å². The second-order valence-corrected chi connectivity index (χ2v) is 5.45. The van der Waals surface area contributed by atoms with E-state index in [2.05, 4.69) is 5.32 Å². The summed E-state index contributed by atoms with van der Waals surface area (Å²) in [6.45, 7) is 2.47. The quantitative estimate of drug-likeness (QED) is 0.637. The summed E-state index contributed by atoms with van der Waals surface area (Å²) in [7, 11) is 0. The van der Waals surface area contributed by atoms with Crippen molar-refractivity contribution in [3.63, 3.8) is 0 Å². The first-order valence-electron chi connectivity index (χ1n) is 6.39. The number of non-ortho nitro benzene ring substituents is 1. The van der Waals surface area contributed by atoms with E-state index in [-0.39, 0.29) is 11.7 Å². The predicted molar refractivity (Wildman–Crippen MR) is 84.8 cm³/mol. The molecule has 0 amide bonds. The third-order valence-corrected chi connectivity index (χ3v) is 4.07. The summed E-state index contributed by atoms with van der Waals surface area (Å²) in [4.78, 5) is 10.4. The van der Waals surface area contributed by atoms with Gasteiger partial charge in [0.1, 0.15) is 0 Å². The minimum Gasteiger partial charge on any atom is -0.306 e. The highest BCUT2D eigenvalue weighted by Gasteiger charge is 2.11. The Kier molecular flexibility index (Phi) is 5.17. The highest BCUT2D eigenvalue weighted by molar-refractivity contribution is 6.42. The second kappa shape index (κ2) is 6.89. The molecule has 0 aromatic heterocycles. The molecule has 110 valence electrons. The molecule has 0 radical (unpaired) electrons. The Balaban J connectivity index is 2.08. The van der Waals surface area contributed by atoms with E-state index in [9.17, 15) is 10.1 Å². The Morgan fingerprint density at radius 2 is 1.95 bits per heavy atom. The molecule has 0 aliphatic carbocycles. The molecule has 6 heteroatoms. The van der Waals surface area contributed by atoms with Gasteiger partial charge in [-0.25, -0.2) is 0 Å². The molecule has 0 saturated carbocycles. The molecule has 0 heterocycles. The van der Waals surface area contributed by atoms with Gasteiger partial charge in [-0.15, -0.1) is 0 Å². The minimum absolute atomic E-state index is 0.0417. The van der Waals surface area contributed by atoms with E-state index in [4.69, 9.17) is 23.2 Å². The standard InChI is InChI=1S/C15H14Cl2N2O2/c1-10(11-4-2-6-13(8-11)19(20)21)18-9-12-5-3-7-14(16)15(12)17/h2-8,10,18H,9H2,1H3. The van der Waals surface area contributed by atoms with Gasteiger partial charge in [-0.1, -0.05) is 47.5 Å². The van der Waals surface area contributed by atoms with Crippen LogP contribution in [0, 0.1) is 10.1 Å². The van der Waals surface area contributed by atoms with Crippen molar-refractivity contribution in [2.45, 2.75) is 19.5 Å². The number of rotatable bonds is 5. The van der Waals surface area contributed by atoms with Crippen molar-refractivity contribution in [2.75, 3.05) is 0 Å². The molecule has 0 saturated heterocycles. The Morgan fingerprint density at radius 1 is 1.24 bits per heavy atom. The molecule has 2 aromatic carbocycles. The van der Waals surface area contributed by atoms with Crippen LogP contribution in [0.15, 0.2) is 42.5 Å². The van der Waals surface area contributed by atoms with Gasteiger partial charge in [-0.05, 0) is 24.1 Å². The topological polar surface area (TPSA) is 55.2 Å². The fraction of sp³-hybridized carbons (Fsp3) is 0.200. The summed E-state index contributed by atoms with van der Waals surface area (Å²) < 4.78 is 0. The van der Waals surface area contributed by atoms with Crippen molar-refractivity contribution >= 4 is 28.9 Å². The maximum Gasteiger partial charge on any atom is 0.269 e. The highest BCUT2D eigenvalue weighted by atomic mass is 35.5. The van der Waals surface area contributed by atoms with Crippen molar-refractivity contribution in [3.05, 3.63) is 73.8 Å². The second-order valence-electron chi connectivity index (χ2n) is 4.67. The zero-order valence-electron chi connectivity index (χ0n) is 11.3. The predicted octanol–water partition coefficient (Wildman–Crippen LogP) is 4.75. The van der Waals surface area contributed by atoms with Crippen molar-refractivity contribution in [1.82, 2.24) is 5.32 Å². The number of hydrogen-bond donors (Lipinski definition) is 1. The molecule has 1 atom stereocenters. The Hall–Kier alpha value is -1.62. The van der Waals surface area contributed by atoms with Gasteiger partial charge in [0.15, 0.2) is 0 Å². The van der Waals surface area contributed by atoms with Gasteiger partial charge in [0.05, 0.1) is 15.0 Å². The molecule has 2 aromatic rings. The van der Waals surface area contributed by atoms with Crippen LogP contribution in [0.1, 0.15) is 24.1 Å². The van der Waals surface area contributed by atoms with Crippen LogP contribution in [0.2, 0.25) is 10.0 Å². The van der Waals surface area contributed by atoms with E-state index >= 15 is 0 Å². The minimum atomic E-state index is -0.399. The first-order valence-corrected chi connectivity index (χ1v) is 7.15. The summed E-state index contributed by atoms with van der Waals surface area (Å²) in [5.41, 5.74) is 1.82. The normalized spacial score (nSPS) is 12.1. The molecule has 0 aliphatic rings.